The van der Waals surface area contributed by atoms with Gasteiger partial charge in [0.2, 0.25) is 0 Å². The third-order valence-corrected chi connectivity index (χ3v) is 3.33. The molecule has 2 rings (SSSR count). The highest BCUT2D eigenvalue weighted by Crippen LogP contribution is 2.19. The molecule has 0 spiro atoms. The summed E-state index contributed by atoms with van der Waals surface area (Å²) in [4.78, 5) is 27.2. The number of carboxylic acid groups (broad SMARTS) is 1. The Kier molecular flexibility index (Phi) is 3.17. The average Bonchev–Trinajstić information content (AvgIpc) is 2.84. The number of rotatable bonds is 2. The number of aromatic amines is 1. The van der Waals surface area contributed by atoms with Crippen molar-refractivity contribution in [2.45, 2.75) is 6.42 Å². The Morgan fingerprint density at radius 2 is 2.31 bits per heavy atom. The first kappa shape index (κ1) is 11.4. The molecule has 0 radical (unpaired) electrons. The summed E-state index contributed by atoms with van der Waals surface area (Å²) in [6.07, 6.45) is 2.29. The van der Waals surface area contributed by atoms with Crippen molar-refractivity contribution in [2.75, 3.05) is 13.1 Å². The van der Waals surface area contributed by atoms with Crippen molar-refractivity contribution in [3.8, 4) is 0 Å². The van der Waals surface area contributed by atoms with Crippen LogP contribution >= 0.6 is 22.6 Å². The second-order valence-electron chi connectivity index (χ2n) is 3.81. The molecule has 0 saturated carbocycles. The molecule has 1 fully saturated rings. The fourth-order valence-electron chi connectivity index (χ4n) is 1.81. The molecule has 1 atom stereocenters. The van der Waals surface area contributed by atoms with Gasteiger partial charge in [-0.25, -0.2) is 0 Å². The summed E-state index contributed by atoms with van der Waals surface area (Å²) in [5.41, 5.74) is 0.524. The molecule has 1 aromatic rings. The third-order valence-electron chi connectivity index (χ3n) is 2.70. The summed E-state index contributed by atoms with van der Waals surface area (Å²) in [6.45, 7) is 0.829. The van der Waals surface area contributed by atoms with Gasteiger partial charge in [-0.2, -0.15) is 0 Å². The number of nitrogens with one attached hydrogen (secondary N) is 1. The molecule has 0 aromatic carbocycles. The van der Waals surface area contributed by atoms with Crippen LogP contribution < -0.4 is 0 Å². The summed E-state index contributed by atoms with van der Waals surface area (Å²) in [5.74, 6) is -1.36. The molecule has 5 nitrogen and oxygen atoms in total. The first-order valence-electron chi connectivity index (χ1n) is 4.94. The van der Waals surface area contributed by atoms with E-state index in [1.165, 1.54) is 0 Å². The largest absolute Gasteiger partial charge is 0.481 e. The van der Waals surface area contributed by atoms with Gasteiger partial charge in [-0.1, -0.05) is 0 Å². The van der Waals surface area contributed by atoms with Crippen LogP contribution in [0.2, 0.25) is 0 Å². The smallest absolute Gasteiger partial charge is 0.308 e. The molecule has 0 bridgehead atoms. The van der Waals surface area contributed by atoms with Crippen molar-refractivity contribution in [3.63, 3.8) is 0 Å². The van der Waals surface area contributed by atoms with E-state index in [1.807, 2.05) is 0 Å². The number of hydrogen-bond acceptors (Lipinski definition) is 2. The van der Waals surface area contributed by atoms with E-state index < -0.39 is 11.9 Å². The fourth-order valence-corrected chi connectivity index (χ4v) is 2.28. The molecule has 2 N–H and O–H groups in total. The SMILES string of the molecule is O=C(O)C1CCN(C(=O)c2cc(I)c[nH]2)C1. The first-order valence-corrected chi connectivity index (χ1v) is 6.02. The molecule has 6 heteroatoms. The second-order valence-corrected chi connectivity index (χ2v) is 5.05. The van der Waals surface area contributed by atoms with Crippen LogP contribution in [0, 0.1) is 9.49 Å². The number of carboxylic acids is 1. The van der Waals surface area contributed by atoms with Crippen LogP contribution in [0.15, 0.2) is 12.3 Å². The maximum atomic E-state index is 11.9. The molecule has 16 heavy (non-hydrogen) atoms. The minimum atomic E-state index is -0.823. The number of H-pyrrole nitrogens is 1. The predicted molar refractivity (Wildman–Crippen MR) is 65.2 cm³/mol. The van der Waals surface area contributed by atoms with Crippen LogP contribution in [0.3, 0.4) is 0 Å². The molecule has 1 aliphatic heterocycles. The van der Waals surface area contributed by atoms with Crippen molar-refractivity contribution in [2.24, 2.45) is 5.92 Å². The van der Waals surface area contributed by atoms with E-state index in [-0.39, 0.29) is 5.91 Å². The number of hydrogen-bond donors (Lipinski definition) is 2. The van der Waals surface area contributed by atoms with Crippen LogP contribution in [0.1, 0.15) is 16.9 Å². The summed E-state index contributed by atoms with van der Waals surface area (Å²) in [6, 6.07) is 1.76. The van der Waals surface area contributed by atoms with Crippen molar-refractivity contribution >= 4 is 34.5 Å². The number of amides is 1. The highest BCUT2D eigenvalue weighted by Gasteiger charge is 2.31. The van der Waals surface area contributed by atoms with Gasteiger partial charge in [0, 0.05) is 22.9 Å². The number of carbonyl (C=O) groups is 2. The number of aromatic nitrogens is 1. The Balaban J connectivity index is 2.05. The van der Waals surface area contributed by atoms with Gasteiger partial charge >= 0.3 is 5.97 Å². The van der Waals surface area contributed by atoms with Crippen LogP contribution in [0.5, 0.6) is 0 Å². The van der Waals surface area contributed by atoms with E-state index in [4.69, 9.17) is 5.11 Å². The quantitative estimate of drug-likeness (QED) is 0.798. The third kappa shape index (κ3) is 2.21. The number of likely N-dealkylation sites (tertiary alicyclic amines) is 1. The van der Waals surface area contributed by atoms with E-state index in [0.717, 1.165) is 3.57 Å². The average molecular weight is 334 g/mol. The summed E-state index contributed by atoms with van der Waals surface area (Å²) in [7, 11) is 0. The highest BCUT2D eigenvalue weighted by molar-refractivity contribution is 14.1. The number of aliphatic carboxylic acids is 1. The van der Waals surface area contributed by atoms with Gasteiger partial charge in [0.05, 0.1) is 5.92 Å². The van der Waals surface area contributed by atoms with Gasteiger partial charge in [-0.3, -0.25) is 9.59 Å². The van der Waals surface area contributed by atoms with Crippen molar-refractivity contribution in [1.29, 1.82) is 0 Å². The summed E-state index contributed by atoms with van der Waals surface area (Å²) < 4.78 is 0.968. The van der Waals surface area contributed by atoms with E-state index in [2.05, 4.69) is 27.6 Å². The zero-order valence-corrected chi connectivity index (χ0v) is 10.6. The zero-order valence-electron chi connectivity index (χ0n) is 8.44. The lowest BCUT2D eigenvalue weighted by atomic mass is 10.1. The van der Waals surface area contributed by atoms with Crippen molar-refractivity contribution in [3.05, 3.63) is 21.5 Å². The van der Waals surface area contributed by atoms with E-state index in [9.17, 15) is 9.59 Å². The second kappa shape index (κ2) is 4.44. The normalized spacial score (nSPS) is 20.1. The Bertz CT molecular complexity index is 429. The fraction of sp³-hybridized carbons (Fsp3) is 0.400. The van der Waals surface area contributed by atoms with Crippen LogP contribution in [0.25, 0.3) is 0 Å². The Hall–Kier alpha value is -1.05. The summed E-state index contributed by atoms with van der Waals surface area (Å²) >= 11 is 2.12. The lowest BCUT2D eigenvalue weighted by Crippen LogP contribution is -2.30. The first-order chi connectivity index (χ1) is 7.58. The molecule has 86 valence electrons. The topological polar surface area (TPSA) is 73.4 Å². The van der Waals surface area contributed by atoms with E-state index >= 15 is 0 Å². The van der Waals surface area contributed by atoms with Crippen LogP contribution in [-0.2, 0) is 4.79 Å². The van der Waals surface area contributed by atoms with E-state index in [0.29, 0.717) is 25.2 Å². The molecule has 1 saturated heterocycles. The number of carbonyl (C=O) groups excluding carboxylic acids is 1. The lowest BCUT2D eigenvalue weighted by Gasteiger charge is -2.14. The highest BCUT2D eigenvalue weighted by atomic mass is 127. The van der Waals surface area contributed by atoms with Gasteiger partial charge in [0.1, 0.15) is 5.69 Å². The molecule has 0 aliphatic carbocycles. The van der Waals surface area contributed by atoms with Crippen molar-refractivity contribution < 1.29 is 14.7 Å². The summed E-state index contributed by atoms with van der Waals surface area (Å²) in [5, 5.41) is 8.84. The van der Waals surface area contributed by atoms with Gasteiger partial charge in [-0.05, 0) is 35.1 Å². The minimum absolute atomic E-state index is 0.119. The van der Waals surface area contributed by atoms with E-state index in [1.54, 1.807) is 17.2 Å². The van der Waals surface area contributed by atoms with Gasteiger partial charge in [-0.15, -0.1) is 0 Å². The molecular weight excluding hydrogens is 323 g/mol. The van der Waals surface area contributed by atoms with Crippen LogP contribution in [-0.4, -0.2) is 40.0 Å². The molecule has 1 aromatic heterocycles. The minimum Gasteiger partial charge on any atom is -0.481 e. The van der Waals surface area contributed by atoms with Gasteiger partial charge in [0.15, 0.2) is 0 Å². The monoisotopic (exact) mass is 334 g/mol. The molecule has 1 aliphatic rings. The number of halogens is 1. The van der Waals surface area contributed by atoms with Gasteiger partial charge < -0.3 is 15.0 Å². The standard InChI is InChI=1S/C10H11IN2O3/c11-7-3-8(12-4-7)9(14)13-2-1-6(5-13)10(15)16/h3-4,6,12H,1-2,5H2,(H,15,16). The Morgan fingerprint density at radius 1 is 1.56 bits per heavy atom. The van der Waals surface area contributed by atoms with Crippen molar-refractivity contribution in [1.82, 2.24) is 9.88 Å². The Morgan fingerprint density at radius 3 is 2.81 bits per heavy atom. The molecule has 1 unspecified atom stereocenters. The predicted octanol–water partition coefficient (Wildman–Crippen LogP) is 1.17. The zero-order chi connectivity index (χ0) is 11.7. The molecule has 1 amide bonds. The molecular formula is C10H11IN2O3. The molecule has 2 heterocycles. The Labute approximate surface area is 106 Å². The maximum Gasteiger partial charge on any atom is 0.308 e. The number of nitrogens with zero attached hydrogens (tertiary/aromatic N) is 1. The van der Waals surface area contributed by atoms with Gasteiger partial charge in [0.25, 0.3) is 5.91 Å². The lowest BCUT2D eigenvalue weighted by molar-refractivity contribution is -0.141. The van der Waals surface area contributed by atoms with Crippen LogP contribution in [0.4, 0.5) is 0 Å². The maximum absolute atomic E-state index is 11.9.